The Hall–Kier alpha value is -1.66. The molecular weight excluding hydrogens is 209 g/mol. The number of hydrogen-bond donors (Lipinski definition) is 0. The molecule has 1 aromatic heterocycles. The second kappa shape index (κ2) is 4.24. The van der Waals surface area contributed by atoms with Gasteiger partial charge in [0.15, 0.2) is 5.01 Å². The molecular formula is C12H8FNS. The number of aryl methyl sites for hydroxylation is 1. The molecule has 0 atom stereocenters. The van der Waals surface area contributed by atoms with Gasteiger partial charge in [-0.1, -0.05) is 18.1 Å². The maximum Gasteiger partial charge on any atom is 0.167 e. The van der Waals surface area contributed by atoms with Crippen LogP contribution in [0.15, 0.2) is 30.5 Å². The summed E-state index contributed by atoms with van der Waals surface area (Å²) in [6.45, 7) is 1.96. The van der Waals surface area contributed by atoms with E-state index in [-0.39, 0.29) is 5.82 Å². The van der Waals surface area contributed by atoms with Crippen molar-refractivity contribution in [2.45, 2.75) is 6.92 Å². The SMILES string of the molecule is Cc1cnc(C#Cc2ccccc2F)s1. The largest absolute Gasteiger partial charge is 0.236 e. The summed E-state index contributed by atoms with van der Waals surface area (Å²) in [6, 6.07) is 6.47. The van der Waals surface area contributed by atoms with Crippen LogP contribution in [0.3, 0.4) is 0 Å². The number of rotatable bonds is 0. The molecule has 0 bridgehead atoms. The van der Waals surface area contributed by atoms with Gasteiger partial charge < -0.3 is 0 Å². The lowest BCUT2D eigenvalue weighted by Crippen LogP contribution is -1.80. The highest BCUT2D eigenvalue weighted by Crippen LogP contribution is 2.10. The van der Waals surface area contributed by atoms with Crippen molar-refractivity contribution in [1.29, 1.82) is 0 Å². The van der Waals surface area contributed by atoms with Gasteiger partial charge in [0.2, 0.25) is 0 Å². The quantitative estimate of drug-likeness (QED) is 0.618. The van der Waals surface area contributed by atoms with Crippen LogP contribution in [-0.4, -0.2) is 4.98 Å². The summed E-state index contributed by atoms with van der Waals surface area (Å²) in [4.78, 5) is 5.19. The summed E-state index contributed by atoms with van der Waals surface area (Å²) in [6.07, 6.45) is 1.76. The molecule has 3 heteroatoms. The van der Waals surface area contributed by atoms with E-state index in [4.69, 9.17) is 0 Å². The highest BCUT2D eigenvalue weighted by Gasteiger charge is 1.96. The predicted molar refractivity (Wildman–Crippen MR) is 59.2 cm³/mol. The van der Waals surface area contributed by atoms with E-state index in [1.165, 1.54) is 17.4 Å². The third-order valence-electron chi connectivity index (χ3n) is 1.80. The molecule has 0 unspecified atom stereocenters. The van der Waals surface area contributed by atoms with E-state index < -0.39 is 0 Å². The minimum absolute atomic E-state index is 0.293. The second-order valence-corrected chi connectivity index (χ2v) is 4.24. The first-order valence-corrected chi connectivity index (χ1v) is 5.26. The van der Waals surface area contributed by atoms with Crippen molar-refractivity contribution in [3.63, 3.8) is 0 Å². The van der Waals surface area contributed by atoms with Gasteiger partial charge in [0.1, 0.15) is 5.82 Å². The summed E-state index contributed by atoms with van der Waals surface area (Å²) in [5.41, 5.74) is 0.408. The van der Waals surface area contributed by atoms with Crippen LogP contribution in [0.5, 0.6) is 0 Å². The van der Waals surface area contributed by atoms with Gasteiger partial charge in [-0.2, -0.15) is 0 Å². The van der Waals surface area contributed by atoms with Crippen LogP contribution < -0.4 is 0 Å². The van der Waals surface area contributed by atoms with Crippen molar-refractivity contribution >= 4 is 11.3 Å². The van der Waals surface area contributed by atoms with E-state index in [9.17, 15) is 4.39 Å². The molecule has 0 spiro atoms. The van der Waals surface area contributed by atoms with Gasteiger partial charge in [-0.05, 0) is 25.0 Å². The molecule has 0 radical (unpaired) electrons. The lowest BCUT2D eigenvalue weighted by Gasteiger charge is -1.90. The zero-order valence-electron chi connectivity index (χ0n) is 8.12. The van der Waals surface area contributed by atoms with E-state index in [1.807, 2.05) is 6.92 Å². The van der Waals surface area contributed by atoms with Crippen molar-refractivity contribution in [1.82, 2.24) is 4.98 Å². The first-order valence-electron chi connectivity index (χ1n) is 4.45. The molecule has 0 fully saturated rings. The lowest BCUT2D eigenvalue weighted by atomic mass is 10.2. The van der Waals surface area contributed by atoms with Crippen LogP contribution in [-0.2, 0) is 0 Å². The Kier molecular flexibility index (Phi) is 2.79. The van der Waals surface area contributed by atoms with Crippen molar-refractivity contribution in [3.8, 4) is 11.8 Å². The molecule has 1 aromatic carbocycles. The fourth-order valence-corrected chi connectivity index (χ4v) is 1.71. The molecule has 15 heavy (non-hydrogen) atoms. The Morgan fingerprint density at radius 2 is 2.07 bits per heavy atom. The molecule has 0 aliphatic rings. The number of thiazole rings is 1. The monoisotopic (exact) mass is 217 g/mol. The zero-order valence-corrected chi connectivity index (χ0v) is 8.94. The zero-order chi connectivity index (χ0) is 10.7. The Bertz CT molecular complexity index is 534. The molecule has 0 saturated heterocycles. The smallest absolute Gasteiger partial charge is 0.167 e. The van der Waals surface area contributed by atoms with Crippen LogP contribution >= 0.6 is 11.3 Å². The summed E-state index contributed by atoms with van der Waals surface area (Å²) in [7, 11) is 0. The highest BCUT2D eigenvalue weighted by atomic mass is 32.1. The Labute approximate surface area is 91.6 Å². The van der Waals surface area contributed by atoms with Crippen LogP contribution in [0, 0.1) is 24.6 Å². The van der Waals surface area contributed by atoms with Gasteiger partial charge in [0.25, 0.3) is 0 Å². The fraction of sp³-hybridized carbons (Fsp3) is 0.0833. The van der Waals surface area contributed by atoms with Gasteiger partial charge in [-0.25, -0.2) is 9.37 Å². The minimum Gasteiger partial charge on any atom is -0.236 e. The average molecular weight is 217 g/mol. The molecule has 1 nitrogen and oxygen atoms in total. The van der Waals surface area contributed by atoms with E-state index in [2.05, 4.69) is 16.8 Å². The topological polar surface area (TPSA) is 12.9 Å². The van der Waals surface area contributed by atoms with E-state index >= 15 is 0 Å². The van der Waals surface area contributed by atoms with Gasteiger partial charge >= 0.3 is 0 Å². The van der Waals surface area contributed by atoms with Crippen LogP contribution in [0.1, 0.15) is 15.4 Å². The predicted octanol–water partition coefficient (Wildman–Crippen LogP) is 2.99. The van der Waals surface area contributed by atoms with Crippen LogP contribution in [0.4, 0.5) is 4.39 Å². The van der Waals surface area contributed by atoms with Crippen molar-refractivity contribution in [2.24, 2.45) is 0 Å². The number of nitrogens with zero attached hydrogens (tertiary/aromatic N) is 1. The molecule has 1 heterocycles. The maximum absolute atomic E-state index is 13.2. The molecule has 0 aliphatic heterocycles. The third-order valence-corrected chi connectivity index (χ3v) is 2.63. The third kappa shape index (κ3) is 2.42. The van der Waals surface area contributed by atoms with Gasteiger partial charge in [0, 0.05) is 11.1 Å². The maximum atomic E-state index is 13.2. The Morgan fingerprint density at radius 3 is 2.73 bits per heavy atom. The fourth-order valence-electron chi connectivity index (χ4n) is 1.10. The standard InChI is InChI=1S/C12H8FNS/c1-9-8-14-12(15-9)7-6-10-4-2-3-5-11(10)13/h2-5,8H,1H3. The van der Waals surface area contributed by atoms with E-state index in [0.717, 1.165) is 9.88 Å². The Balaban J connectivity index is 2.30. The van der Waals surface area contributed by atoms with Crippen molar-refractivity contribution < 1.29 is 4.39 Å². The first kappa shape index (κ1) is 9.88. The number of hydrogen-bond acceptors (Lipinski definition) is 2. The molecule has 0 N–H and O–H groups in total. The second-order valence-electron chi connectivity index (χ2n) is 3.01. The molecule has 2 rings (SSSR count). The molecule has 0 amide bonds. The Morgan fingerprint density at radius 1 is 1.27 bits per heavy atom. The summed E-state index contributed by atoms with van der Waals surface area (Å²) >= 11 is 1.51. The molecule has 0 saturated carbocycles. The number of aromatic nitrogens is 1. The van der Waals surface area contributed by atoms with Gasteiger partial charge in [0.05, 0.1) is 5.56 Å². The molecule has 0 aliphatic carbocycles. The van der Waals surface area contributed by atoms with Crippen molar-refractivity contribution in [2.75, 3.05) is 0 Å². The summed E-state index contributed by atoms with van der Waals surface area (Å²) in [5.74, 6) is 5.31. The number of halogens is 1. The van der Waals surface area contributed by atoms with Gasteiger partial charge in [-0.15, -0.1) is 11.3 Å². The summed E-state index contributed by atoms with van der Waals surface area (Å²) < 4.78 is 13.2. The average Bonchev–Trinajstić information content (AvgIpc) is 2.63. The first-order chi connectivity index (χ1) is 7.25. The molecule has 74 valence electrons. The van der Waals surface area contributed by atoms with E-state index in [1.54, 1.807) is 24.4 Å². The van der Waals surface area contributed by atoms with E-state index in [0.29, 0.717) is 5.56 Å². The van der Waals surface area contributed by atoms with Crippen LogP contribution in [0.25, 0.3) is 0 Å². The highest BCUT2D eigenvalue weighted by molar-refractivity contribution is 7.12. The van der Waals surface area contributed by atoms with Gasteiger partial charge in [-0.3, -0.25) is 0 Å². The lowest BCUT2D eigenvalue weighted by molar-refractivity contribution is 0.624. The normalized spacial score (nSPS) is 9.47. The minimum atomic E-state index is -0.293. The molecule has 2 aromatic rings. The summed E-state index contributed by atoms with van der Waals surface area (Å²) in [5, 5.41) is 0.718. The van der Waals surface area contributed by atoms with Crippen molar-refractivity contribution in [3.05, 3.63) is 51.7 Å². The number of benzene rings is 1. The van der Waals surface area contributed by atoms with Crippen LogP contribution in [0.2, 0.25) is 0 Å².